The molecule has 260 valence electrons. The van der Waals surface area contributed by atoms with E-state index in [1.807, 2.05) is 86.6 Å². The predicted molar refractivity (Wildman–Crippen MR) is 188 cm³/mol. The van der Waals surface area contributed by atoms with Crippen molar-refractivity contribution >= 4 is 46.0 Å². The monoisotopic (exact) mass is 688 g/mol. The summed E-state index contributed by atoms with van der Waals surface area (Å²) >= 11 is 1.33. The highest BCUT2D eigenvalue weighted by atomic mass is 32.1. The van der Waals surface area contributed by atoms with E-state index in [9.17, 15) is 24.3 Å². The van der Waals surface area contributed by atoms with E-state index >= 15 is 0 Å². The molecule has 4 rings (SSSR count). The standard InChI is InChI=1S/C37H44N4O7S/c1-4-47-34(43)22-32(42)29(19-24(2)3)39-36(45)31(21-33-38-17-18-49-33)40-35(44)30(41-37(46)48-23-25-11-6-5-7-12-25)20-27-15-10-14-26-13-8-9-16-28(26)27/h5-18,24,29-32,42H,4,19-23H2,1-3H3,(H,39,45)(H,40,44)(H,41,46)/t29?,30-,31-,32?/m0/s1. The molecule has 1 heterocycles. The van der Waals surface area contributed by atoms with Crippen molar-refractivity contribution in [3.05, 3.63) is 101 Å². The fraction of sp³-hybridized carbons (Fsp3) is 0.378. The number of nitrogens with one attached hydrogen (secondary N) is 3. The maximum atomic E-state index is 14.1. The zero-order valence-electron chi connectivity index (χ0n) is 28.0. The summed E-state index contributed by atoms with van der Waals surface area (Å²) < 4.78 is 10.5. The van der Waals surface area contributed by atoms with Crippen LogP contribution in [-0.2, 0) is 43.3 Å². The number of nitrogens with zero attached hydrogens (tertiary/aromatic N) is 1. The summed E-state index contributed by atoms with van der Waals surface area (Å²) in [6, 6.07) is 19.7. The molecule has 0 bridgehead atoms. The summed E-state index contributed by atoms with van der Waals surface area (Å²) in [7, 11) is 0. The van der Waals surface area contributed by atoms with Gasteiger partial charge in [-0.25, -0.2) is 9.78 Å². The normalized spacial score (nSPS) is 13.6. The molecule has 0 aliphatic carbocycles. The first kappa shape index (κ1) is 37.0. The number of alkyl carbamates (subject to hydrolysis) is 1. The molecule has 0 spiro atoms. The van der Waals surface area contributed by atoms with Gasteiger partial charge in [-0.05, 0) is 41.2 Å². The first-order valence-corrected chi connectivity index (χ1v) is 17.3. The van der Waals surface area contributed by atoms with Crippen LogP contribution in [0.2, 0.25) is 0 Å². The zero-order valence-corrected chi connectivity index (χ0v) is 28.8. The molecule has 0 aliphatic heterocycles. The minimum atomic E-state index is -1.21. The molecule has 1 aromatic heterocycles. The summed E-state index contributed by atoms with van der Waals surface area (Å²) in [5.74, 6) is -1.67. The van der Waals surface area contributed by atoms with Gasteiger partial charge in [-0.1, -0.05) is 86.6 Å². The summed E-state index contributed by atoms with van der Waals surface area (Å²) in [5, 5.41) is 23.6. The Balaban J connectivity index is 1.57. The molecule has 0 saturated carbocycles. The first-order valence-electron chi connectivity index (χ1n) is 16.4. The number of aliphatic hydroxyl groups is 1. The van der Waals surface area contributed by atoms with Crippen LogP contribution in [0.5, 0.6) is 0 Å². The van der Waals surface area contributed by atoms with Crippen molar-refractivity contribution < 1.29 is 33.8 Å². The molecule has 49 heavy (non-hydrogen) atoms. The molecule has 2 unspecified atom stereocenters. The average Bonchev–Trinajstić information content (AvgIpc) is 3.60. The lowest BCUT2D eigenvalue weighted by Gasteiger charge is -2.28. The summed E-state index contributed by atoms with van der Waals surface area (Å²) in [6.45, 7) is 5.73. The molecular formula is C37H44N4O7S. The van der Waals surface area contributed by atoms with Crippen LogP contribution in [0.3, 0.4) is 0 Å². The Labute approximate surface area is 290 Å². The van der Waals surface area contributed by atoms with E-state index < -0.39 is 48.1 Å². The van der Waals surface area contributed by atoms with E-state index in [4.69, 9.17) is 9.47 Å². The van der Waals surface area contributed by atoms with Gasteiger partial charge in [0.25, 0.3) is 0 Å². The van der Waals surface area contributed by atoms with Gasteiger partial charge < -0.3 is 30.5 Å². The molecule has 0 fully saturated rings. The lowest BCUT2D eigenvalue weighted by Crippen LogP contribution is -2.57. The molecule has 12 heteroatoms. The fourth-order valence-electron chi connectivity index (χ4n) is 5.45. The minimum absolute atomic E-state index is 0.00965. The molecule has 4 aromatic rings. The smallest absolute Gasteiger partial charge is 0.408 e. The number of carbonyl (C=O) groups is 4. The third-order valence-electron chi connectivity index (χ3n) is 7.82. The lowest BCUT2D eigenvalue weighted by molar-refractivity contribution is -0.146. The number of fused-ring (bicyclic) bond motifs is 1. The number of ether oxygens (including phenoxy) is 2. The van der Waals surface area contributed by atoms with Crippen molar-refractivity contribution in [2.75, 3.05) is 6.61 Å². The van der Waals surface area contributed by atoms with Crippen LogP contribution < -0.4 is 16.0 Å². The van der Waals surface area contributed by atoms with Crippen molar-refractivity contribution in [2.45, 2.75) is 77.3 Å². The maximum absolute atomic E-state index is 14.1. The second kappa shape index (κ2) is 18.7. The van der Waals surface area contributed by atoms with E-state index in [2.05, 4.69) is 20.9 Å². The molecule has 4 atom stereocenters. The van der Waals surface area contributed by atoms with E-state index in [0.717, 1.165) is 21.9 Å². The maximum Gasteiger partial charge on any atom is 0.408 e. The number of aliphatic hydroxyl groups excluding tert-OH is 1. The number of rotatable bonds is 17. The SMILES string of the molecule is CCOC(=O)CC(O)C(CC(C)C)NC(=O)[C@H](Cc1nccs1)NC(=O)[C@H](Cc1cccc2ccccc12)NC(=O)OCc1ccccc1. The Morgan fingerprint density at radius 3 is 2.24 bits per heavy atom. The zero-order chi connectivity index (χ0) is 35.2. The summed E-state index contributed by atoms with van der Waals surface area (Å²) in [5.41, 5.74) is 1.61. The van der Waals surface area contributed by atoms with Crippen molar-refractivity contribution in [3.63, 3.8) is 0 Å². The van der Waals surface area contributed by atoms with Gasteiger partial charge in [-0.15, -0.1) is 11.3 Å². The van der Waals surface area contributed by atoms with Gasteiger partial charge in [0.05, 0.1) is 30.2 Å². The van der Waals surface area contributed by atoms with Crippen LogP contribution >= 0.6 is 11.3 Å². The number of thiazole rings is 1. The van der Waals surface area contributed by atoms with Gasteiger partial charge in [-0.2, -0.15) is 0 Å². The highest BCUT2D eigenvalue weighted by Gasteiger charge is 2.32. The molecule has 0 radical (unpaired) electrons. The van der Waals surface area contributed by atoms with Gasteiger partial charge >= 0.3 is 12.1 Å². The molecule has 0 aliphatic rings. The number of esters is 1. The van der Waals surface area contributed by atoms with E-state index in [1.54, 1.807) is 18.5 Å². The Hall–Kier alpha value is -4.81. The summed E-state index contributed by atoms with van der Waals surface area (Å²) in [4.78, 5) is 57.4. The van der Waals surface area contributed by atoms with Crippen LogP contribution in [0, 0.1) is 5.92 Å². The Kier molecular flexibility index (Phi) is 14.1. The fourth-order valence-corrected chi connectivity index (χ4v) is 6.12. The topological polar surface area (TPSA) is 156 Å². The van der Waals surface area contributed by atoms with Gasteiger partial charge in [0, 0.05) is 24.4 Å². The number of benzene rings is 3. The summed E-state index contributed by atoms with van der Waals surface area (Å²) in [6.07, 6.45) is -0.120. The van der Waals surface area contributed by atoms with Crippen LogP contribution in [0.4, 0.5) is 4.79 Å². The van der Waals surface area contributed by atoms with Crippen molar-refractivity contribution in [2.24, 2.45) is 5.92 Å². The quantitative estimate of drug-likeness (QED) is 0.116. The molecule has 4 N–H and O–H groups in total. The second-order valence-corrected chi connectivity index (χ2v) is 13.1. The van der Waals surface area contributed by atoms with E-state index in [-0.39, 0.29) is 38.4 Å². The Morgan fingerprint density at radius 2 is 1.53 bits per heavy atom. The lowest BCUT2D eigenvalue weighted by atomic mass is 9.96. The third kappa shape index (κ3) is 11.7. The molecule has 0 saturated heterocycles. The molecule has 11 nitrogen and oxygen atoms in total. The highest BCUT2D eigenvalue weighted by molar-refractivity contribution is 7.09. The van der Waals surface area contributed by atoms with Crippen molar-refractivity contribution in [1.82, 2.24) is 20.9 Å². The molecule has 3 aromatic carbocycles. The average molecular weight is 689 g/mol. The van der Waals surface area contributed by atoms with Crippen LogP contribution in [-0.4, -0.2) is 64.8 Å². The number of hydrogen-bond acceptors (Lipinski definition) is 9. The number of carbonyl (C=O) groups excluding carboxylic acids is 4. The molecule has 3 amide bonds. The van der Waals surface area contributed by atoms with E-state index in [1.165, 1.54) is 11.3 Å². The van der Waals surface area contributed by atoms with Crippen LogP contribution in [0.1, 0.15) is 49.7 Å². The minimum Gasteiger partial charge on any atom is -0.466 e. The number of hydrogen-bond donors (Lipinski definition) is 4. The largest absolute Gasteiger partial charge is 0.466 e. The Morgan fingerprint density at radius 1 is 0.837 bits per heavy atom. The van der Waals surface area contributed by atoms with Crippen molar-refractivity contribution in [3.8, 4) is 0 Å². The van der Waals surface area contributed by atoms with Crippen LogP contribution in [0.15, 0.2) is 84.4 Å². The van der Waals surface area contributed by atoms with Crippen LogP contribution in [0.25, 0.3) is 10.8 Å². The number of amides is 3. The Bertz CT molecular complexity index is 1660. The first-order chi connectivity index (χ1) is 23.6. The highest BCUT2D eigenvalue weighted by Crippen LogP contribution is 2.20. The molecular weight excluding hydrogens is 644 g/mol. The van der Waals surface area contributed by atoms with Gasteiger partial charge in [0.15, 0.2) is 0 Å². The van der Waals surface area contributed by atoms with Gasteiger partial charge in [-0.3, -0.25) is 14.4 Å². The van der Waals surface area contributed by atoms with Crippen molar-refractivity contribution in [1.29, 1.82) is 0 Å². The van der Waals surface area contributed by atoms with E-state index in [0.29, 0.717) is 11.4 Å². The third-order valence-corrected chi connectivity index (χ3v) is 8.62. The van der Waals surface area contributed by atoms with Gasteiger partial charge in [0.1, 0.15) is 18.7 Å². The number of aromatic nitrogens is 1. The second-order valence-electron chi connectivity index (χ2n) is 12.1. The van der Waals surface area contributed by atoms with Gasteiger partial charge in [0.2, 0.25) is 11.8 Å². The predicted octanol–water partition coefficient (Wildman–Crippen LogP) is 4.71.